The molecule has 180 valence electrons. The average Bonchev–Trinajstić information content (AvgIpc) is 3.71. The lowest BCUT2D eigenvalue weighted by Crippen LogP contribution is -2.12. The molecule has 8 rings (SSSR count). The molecule has 10 heteroatoms. The highest BCUT2D eigenvalue weighted by atomic mass is 32.1. The lowest BCUT2D eigenvalue weighted by molar-refractivity contribution is 0.0969. The van der Waals surface area contributed by atoms with Gasteiger partial charge in [-0.05, 0) is 36.4 Å². The predicted octanol–water partition coefficient (Wildman–Crippen LogP) is 5.91. The molecule has 38 heavy (non-hydrogen) atoms. The first-order valence-corrected chi connectivity index (χ1v) is 12.7. The van der Waals surface area contributed by atoms with Crippen LogP contribution < -0.4 is 0 Å². The number of rotatable bonds is 1. The van der Waals surface area contributed by atoms with Gasteiger partial charge in [-0.3, -0.25) is 24.4 Å². The maximum atomic E-state index is 13.9. The van der Waals surface area contributed by atoms with Crippen LogP contribution in [0.15, 0.2) is 85.6 Å². The summed E-state index contributed by atoms with van der Waals surface area (Å²) < 4.78 is 2.65. The Hall–Kier alpha value is -5.22. The van der Waals surface area contributed by atoms with Gasteiger partial charge in [-0.2, -0.15) is 5.10 Å². The van der Waals surface area contributed by atoms with E-state index in [9.17, 15) is 4.79 Å². The summed E-state index contributed by atoms with van der Waals surface area (Å²) in [5, 5.41) is 10.9. The fourth-order valence-electron chi connectivity index (χ4n) is 4.82. The van der Waals surface area contributed by atoms with Gasteiger partial charge in [-0.1, -0.05) is 18.2 Å². The zero-order valence-electron chi connectivity index (χ0n) is 19.6. The van der Waals surface area contributed by atoms with Crippen LogP contribution in [0, 0.1) is 0 Å². The summed E-state index contributed by atoms with van der Waals surface area (Å²) in [5.41, 5.74) is 4.76. The minimum atomic E-state index is -0.147. The quantitative estimate of drug-likeness (QED) is 0.282. The standard InChI is InChI=1S/C28H16N8OS/c37-28(15-4-2-1-3-5-15)36-18-8-16(10-29-12-18)17-9-19-25(34-35-26(19)31-11-17)27-32-21-14-30-13-20(24(21)33-27)22-6-7-23(36)38-22/h1-14H,(H,32,33)(H,31,34,35). The van der Waals surface area contributed by atoms with Crippen molar-refractivity contribution >= 4 is 81.7 Å². The van der Waals surface area contributed by atoms with Crippen LogP contribution in [-0.2, 0) is 0 Å². The molecule has 7 heterocycles. The predicted molar refractivity (Wildman–Crippen MR) is 149 cm³/mol. The van der Waals surface area contributed by atoms with Gasteiger partial charge < -0.3 is 4.98 Å². The number of fused-ring (bicyclic) bond motifs is 9. The van der Waals surface area contributed by atoms with E-state index in [0.29, 0.717) is 27.9 Å². The van der Waals surface area contributed by atoms with Crippen molar-refractivity contribution in [2.45, 2.75) is 0 Å². The van der Waals surface area contributed by atoms with E-state index in [1.54, 1.807) is 35.6 Å². The van der Waals surface area contributed by atoms with Gasteiger partial charge in [-0.25, -0.2) is 9.97 Å². The molecule has 0 saturated heterocycles. The number of aromatic amines is 2. The number of hydrogen-bond donors (Lipinski definition) is 2. The number of benzene rings is 1. The van der Waals surface area contributed by atoms with E-state index in [-0.39, 0.29) is 5.91 Å². The van der Waals surface area contributed by atoms with E-state index in [4.69, 9.17) is 4.98 Å². The van der Waals surface area contributed by atoms with Crippen molar-refractivity contribution in [3.8, 4) is 0 Å². The van der Waals surface area contributed by atoms with Gasteiger partial charge in [0.1, 0.15) is 15.9 Å². The van der Waals surface area contributed by atoms with Crippen LogP contribution >= 0.6 is 11.3 Å². The summed E-state index contributed by atoms with van der Waals surface area (Å²) in [6.07, 6.45) is 8.81. The van der Waals surface area contributed by atoms with Gasteiger partial charge in [0.25, 0.3) is 5.91 Å². The SMILES string of the molecule is O=C(c1ccccc1)n1c2cncc(c2)c2cnc3[nH]nc(c4nc5c(cncc5c5ccc1s5)[nH]4)c3c2. The van der Waals surface area contributed by atoms with Crippen molar-refractivity contribution < 1.29 is 4.79 Å². The summed E-state index contributed by atoms with van der Waals surface area (Å²) >= 11 is 1.50. The number of imidazole rings is 1. The Morgan fingerprint density at radius 1 is 0.816 bits per heavy atom. The number of thiophene rings is 1. The van der Waals surface area contributed by atoms with Crippen LogP contribution in [-0.4, -0.2) is 45.6 Å². The maximum Gasteiger partial charge on any atom is 0.263 e. The van der Waals surface area contributed by atoms with Crippen molar-refractivity contribution in [1.82, 2.24) is 39.7 Å². The molecule has 0 fully saturated rings. The van der Waals surface area contributed by atoms with Crippen LogP contribution in [0.3, 0.4) is 0 Å². The van der Waals surface area contributed by atoms with Gasteiger partial charge in [0, 0.05) is 45.0 Å². The first kappa shape index (κ1) is 20.9. The lowest BCUT2D eigenvalue weighted by Gasteiger charge is -2.08. The number of nitrogens with zero attached hydrogens (tertiary/aromatic N) is 6. The molecule has 8 bridgehead atoms. The molecule has 0 unspecified atom stereocenters. The smallest absolute Gasteiger partial charge is 0.263 e. The highest BCUT2D eigenvalue weighted by Crippen LogP contribution is 2.30. The van der Waals surface area contributed by atoms with Crippen LogP contribution in [0.1, 0.15) is 10.4 Å². The maximum absolute atomic E-state index is 13.9. The molecular formula is C28H16N8OS. The first-order valence-electron chi connectivity index (χ1n) is 11.9. The second-order valence-corrected chi connectivity index (χ2v) is 10.00. The summed E-state index contributed by atoms with van der Waals surface area (Å²) in [4.78, 5) is 36.5. The number of carbonyl (C=O) groups is 1. The van der Waals surface area contributed by atoms with Crippen molar-refractivity contribution in [3.63, 3.8) is 0 Å². The van der Waals surface area contributed by atoms with E-state index in [1.165, 1.54) is 11.3 Å². The monoisotopic (exact) mass is 512 g/mol. The second-order valence-electron chi connectivity index (χ2n) is 8.94. The van der Waals surface area contributed by atoms with Crippen molar-refractivity contribution in [1.29, 1.82) is 0 Å². The van der Waals surface area contributed by atoms with Crippen LogP contribution in [0.5, 0.6) is 0 Å². The van der Waals surface area contributed by atoms with Crippen LogP contribution in [0.25, 0.3) is 64.4 Å². The third-order valence-corrected chi connectivity index (χ3v) is 7.76. The Kier molecular flexibility index (Phi) is 4.34. The fraction of sp³-hybridized carbons (Fsp3) is 0. The summed E-state index contributed by atoms with van der Waals surface area (Å²) in [7, 11) is 0. The molecule has 0 aliphatic heterocycles. The largest absolute Gasteiger partial charge is 0.335 e. The van der Waals surface area contributed by atoms with Gasteiger partial charge in [0.15, 0.2) is 11.3 Å². The first-order chi connectivity index (χ1) is 18.7. The minimum absolute atomic E-state index is 0.147. The highest BCUT2D eigenvalue weighted by Gasteiger charge is 2.14. The van der Waals surface area contributed by atoms with Gasteiger partial charge in [0.2, 0.25) is 0 Å². The van der Waals surface area contributed by atoms with Crippen molar-refractivity contribution in [2.24, 2.45) is 0 Å². The molecule has 7 aromatic heterocycles. The molecule has 0 aliphatic rings. The molecule has 0 aliphatic carbocycles. The second kappa shape index (κ2) is 7.89. The number of hydrogen-bond acceptors (Lipinski definition) is 7. The van der Waals surface area contributed by atoms with Crippen LogP contribution in [0.2, 0.25) is 0 Å². The topological polar surface area (TPSA) is 118 Å². The zero-order valence-corrected chi connectivity index (χ0v) is 20.4. The molecule has 0 radical (unpaired) electrons. The van der Waals surface area contributed by atoms with Crippen molar-refractivity contribution in [2.75, 3.05) is 0 Å². The molecule has 0 saturated carbocycles. The third-order valence-electron chi connectivity index (χ3n) is 6.65. The zero-order chi connectivity index (χ0) is 25.2. The summed E-state index contributed by atoms with van der Waals surface area (Å²) in [6.45, 7) is 0. The molecule has 2 N–H and O–H groups in total. The van der Waals surface area contributed by atoms with E-state index in [1.807, 2.05) is 54.6 Å². The van der Waals surface area contributed by atoms with Gasteiger partial charge in [0.05, 0.1) is 28.8 Å². The minimum Gasteiger partial charge on any atom is -0.335 e. The van der Waals surface area contributed by atoms with E-state index in [2.05, 4.69) is 30.1 Å². The van der Waals surface area contributed by atoms with Crippen molar-refractivity contribution in [3.05, 3.63) is 91.1 Å². The van der Waals surface area contributed by atoms with Crippen LogP contribution in [0.4, 0.5) is 0 Å². The summed E-state index contributed by atoms with van der Waals surface area (Å²) in [6, 6.07) is 17.2. The van der Waals surface area contributed by atoms with E-state index in [0.717, 1.165) is 42.1 Å². The Labute approximate surface area is 217 Å². The van der Waals surface area contributed by atoms with Gasteiger partial charge >= 0.3 is 0 Å². The molecule has 0 atom stereocenters. The normalized spacial score (nSPS) is 11.8. The lowest BCUT2D eigenvalue weighted by atomic mass is 10.2. The van der Waals surface area contributed by atoms with Gasteiger partial charge in [-0.15, -0.1) is 11.3 Å². The molecule has 0 spiro atoms. The Bertz CT molecular complexity index is 2270. The fourth-order valence-corrected chi connectivity index (χ4v) is 5.86. The number of H-pyrrole nitrogens is 2. The Morgan fingerprint density at radius 2 is 1.68 bits per heavy atom. The highest BCUT2D eigenvalue weighted by molar-refractivity contribution is 7.24. The Balaban J connectivity index is 1.61. The number of carbonyl (C=O) groups excluding carboxylic acids is 1. The van der Waals surface area contributed by atoms with E-state index >= 15 is 0 Å². The summed E-state index contributed by atoms with van der Waals surface area (Å²) in [5.74, 6) is -0.147. The third kappa shape index (κ3) is 3.10. The van der Waals surface area contributed by atoms with E-state index < -0.39 is 0 Å². The Morgan fingerprint density at radius 3 is 2.61 bits per heavy atom. The molecular weight excluding hydrogens is 496 g/mol. The number of nitrogens with one attached hydrogen (secondary N) is 2. The molecule has 9 nitrogen and oxygen atoms in total. The molecule has 0 amide bonds. The molecule has 8 aromatic rings. The molecule has 1 aromatic carbocycles. The number of pyridine rings is 3. The average molecular weight is 513 g/mol. The number of aromatic nitrogens is 8.